The van der Waals surface area contributed by atoms with Crippen molar-refractivity contribution in [1.29, 1.82) is 0 Å². The van der Waals surface area contributed by atoms with Crippen molar-refractivity contribution in [3.63, 3.8) is 0 Å². The van der Waals surface area contributed by atoms with E-state index >= 15 is 0 Å². The van der Waals surface area contributed by atoms with Gasteiger partial charge in [-0.15, -0.1) is 0 Å². The van der Waals surface area contributed by atoms with Gasteiger partial charge in [-0.1, -0.05) is 29.3 Å². The second-order valence-corrected chi connectivity index (χ2v) is 5.00. The Hall–Kier alpha value is -1.45. The van der Waals surface area contributed by atoms with Gasteiger partial charge in [-0.25, -0.2) is 4.39 Å². The Kier molecular flexibility index (Phi) is 4.17. The van der Waals surface area contributed by atoms with Gasteiger partial charge in [-0.3, -0.25) is 0 Å². The zero-order valence-electron chi connectivity index (χ0n) is 10.2. The molecule has 0 heterocycles. The highest BCUT2D eigenvalue weighted by Crippen LogP contribution is 2.31. The van der Waals surface area contributed by atoms with Crippen LogP contribution in [0, 0.1) is 12.7 Å². The van der Waals surface area contributed by atoms with Crippen LogP contribution in [0.15, 0.2) is 30.3 Å². The van der Waals surface area contributed by atoms with Gasteiger partial charge in [0.05, 0.1) is 5.02 Å². The lowest BCUT2D eigenvalue weighted by Gasteiger charge is -2.12. The number of hydrogen-bond donors (Lipinski definition) is 2. The largest absolute Gasteiger partial charge is 0.506 e. The van der Waals surface area contributed by atoms with Crippen LogP contribution in [-0.4, -0.2) is 5.11 Å². The van der Waals surface area contributed by atoms with Crippen molar-refractivity contribution in [2.45, 2.75) is 13.5 Å². The first kappa shape index (κ1) is 14.0. The molecule has 100 valence electrons. The molecule has 0 saturated carbocycles. The highest BCUT2D eigenvalue weighted by Gasteiger charge is 2.09. The van der Waals surface area contributed by atoms with Gasteiger partial charge in [0.15, 0.2) is 0 Å². The quantitative estimate of drug-likeness (QED) is 0.856. The maximum atomic E-state index is 13.4. The van der Waals surface area contributed by atoms with E-state index in [2.05, 4.69) is 5.32 Å². The molecule has 0 fully saturated rings. The van der Waals surface area contributed by atoms with E-state index < -0.39 is 0 Å². The minimum Gasteiger partial charge on any atom is -0.506 e. The smallest absolute Gasteiger partial charge is 0.139 e. The number of hydrogen-bond acceptors (Lipinski definition) is 2. The molecule has 2 aromatic carbocycles. The molecule has 2 aromatic rings. The fourth-order valence-corrected chi connectivity index (χ4v) is 2.28. The van der Waals surface area contributed by atoms with Crippen LogP contribution in [0.1, 0.15) is 11.1 Å². The Morgan fingerprint density at radius 2 is 2.00 bits per heavy atom. The Morgan fingerprint density at radius 1 is 1.26 bits per heavy atom. The van der Waals surface area contributed by atoms with Crippen molar-refractivity contribution >= 4 is 28.9 Å². The number of phenolic OH excluding ortho intramolecular Hbond substituents is 1. The van der Waals surface area contributed by atoms with E-state index in [1.807, 2.05) is 0 Å². The van der Waals surface area contributed by atoms with Gasteiger partial charge in [-0.05, 0) is 31.2 Å². The normalized spacial score (nSPS) is 10.5. The molecule has 0 aliphatic heterocycles. The minimum atomic E-state index is -0.279. The van der Waals surface area contributed by atoms with Crippen LogP contribution < -0.4 is 5.32 Å². The van der Waals surface area contributed by atoms with Crippen LogP contribution in [0.3, 0.4) is 0 Å². The van der Waals surface area contributed by atoms with E-state index in [4.69, 9.17) is 23.2 Å². The van der Waals surface area contributed by atoms with Crippen LogP contribution in [0.2, 0.25) is 10.0 Å². The molecule has 2 N–H and O–H groups in total. The molecular weight excluding hydrogens is 288 g/mol. The summed E-state index contributed by atoms with van der Waals surface area (Å²) >= 11 is 11.7. The fraction of sp³-hybridized carbons (Fsp3) is 0.143. The Balaban J connectivity index is 2.21. The van der Waals surface area contributed by atoms with Gasteiger partial charge < -0.3 is 10.4 Å². The van der Waals surface area contributed by atoms with Crippen LogP contribution in [-0.2, 0) is 6.54 Å². The topological polar surface area (TPSA) is 32.3 Å². The highest BCUT2D eigenvalue weighted by molar-refractivity contribution is 6.35. The van der Waals surface area contributed by atoms with Crippen LogP contribution in [0.4, 0.5) is 10.1 Å². The molecule has 2 nitrogen and oxygen atoms in total. The van der Waals surface area contributed by atoms with Gasteiger partial charge in [0.1, 0.15) is 11.6 Å². The predicted octanol–water partition coefficient (Wildman–Crippen LogP) is 4.76. The van der Waals surface area contributed by atoms with E-state index in [0.29, 0.717) is 28.4 Å². The molecule has 2 rings (SSSR count). The zero-order valence-corrected chi connectivity index (χ0v) is 11.7. The summed E-state index contributed by atoms with van der Waals surface area (Å²) < 4.78 is 13.4. The van der Waals surface area contributed by atoms with Crippen LogP contribution in [0.25, 0.3) is 0 Å². The second kappa shape index (κ2) is 5.68. The summed E-state index contributed by atoms with van der Waals surface area (Å²) in [5.41, 5.74) is 1.74. The number of nitrogens with one attached hydrogen (secondary N) is 1. The molecule has 19 heavy (non-hydrogen) atoms. The third kappa shape index (κ3) is 3.11. The van der Waals surface area contributed by atoms with Crippen molar-refractivity contribution in [2.24, 2.45) is 0 Å². The molecule has 0 aliphatic carbocycles. The predicted molar refractivity (Wildman–Crippen MR) is 76.6 cm³/mol. The van der Waals surface area contributed by atoms with Crippen molar-refractivity contribution in [1.82, 2.24) is 0 Å². The van der Waals surface area contributed by atoms with E-state index in [9.17, 15) is 9.50 Å². The maximum Gasteiger partial charge on any atom is 0.139 e. The SMILES string of the molecule is Cc1c(F)cccc1NCc1cc(Cl)cc(Cl)c1O. The van der Waals surface area contributed by atoms with Gasteiger partial charge in [-0.2, -0.15) is 0 Å². The van der Waals surface area contributed by atoms with Gasteiger partial charge in [0, 0.05) is 28.4 Å². The lowest BCUT2D eigenvalue weighted by Crippen LogP contribution is -2.02. The van der Waals surface area contributed by atoms with E-state index in [-0.39, 0.29) is 16.6 Å². The molecule has 0 radical (unpaired) electrons. The molecule has 5 heteroatoms. The van der Waals surface area contributed by atoms with Crippen molar-refractivity contribution in [3.05, 3.63) is 57.3 Å². The Labute approximate surface area is 120 Å². The number of halogens is 3. The molecule has 0 unspecified atom stereocenters. The Morgan fingerprint density at radius 3 is 2.74 bits per heavy atom. The van der Waals surface area contributed by atoms with Gasteiger partial charge in [0.25, 0.3) is 0 Å². The van der Waals surface area contributed by atoms with Gasteiger partial charge >= 0.3 is 0 Å². The lowest BCUT2D eigenvalue weighted by molar-refractivity contribution is 0.469. The molecular formula is C14H12Cl2FNO. The average molecular weight is 300 g/mol. The molecule has 0 bridgehead atoms. The summed E-state index contributed by atoms with van der Waals surface area (Å²) in [7, 11) is 0. The van der Waals surface area contributed by atoms with Crippen molar-refractivity contribution < 1.29 is 9.50 Å². The van der Waals surface area contributed by atoms with E-state index in [1.165, 1.54) is 12.1 Å². The number of benzene rings is 2. The lowest BCUT2D eigenvalue weighted by atomic mass is 10.1. The first-order valence-electron chi connectivity index (χ1n) is 5.65. The average Bonchev–Trinajstić information content (AvgIpc) is 2.36. The standard InChI is InChI=1S/C14H12Cl2FNO/c1-8-12(17)3-2-4-13(8)18-7-9-5-10(15)6-11(16)14(9)19/h2-6,18-19H,7H2,1H3. The van der Waals surface area contributed by atoms with Crippen molar-refractivity contribution in [2.75, 3.05) is 5.32 Å². The summed E-state index contributed by atoms with van der Waals surface area (Å²) in [6.45, 7) is 1.99. The monoisotopic (exact) mass is 299 g/mol. The zero-order chi connectivity index (χ0) is 14.0. The third-order valence-electron chi connectivity index (χ3n) is 2.84. The summed E-state index contributed by atoms with van der Waals surface area (Å²) in [5, 5.41) is 13.5. The molecule has 0 aromatic heterocycles. The first-order valence-corrected chi connectivity index (χ1v) is 6.40. The van der Waals surface area contributed by atoms with Gasteiger partial charge in [0.2, 0.25) is 0 Å². The molecule has 0 amide bonds. The molecule has 0 atom stereocenters. The molecule has 0 aliphatic rings. The fourth-order valence-electron chi connectivity index (χ4n) is 1.74. The summed E-state index contributed by atoms with van der Waals surface area (Å²) in [6, 6.07) is 7.87. The Bertz CT molecular complexity index is 617. The number of rotatable bonds is 3. The van der Waals surface area contributed by atoms with Crippen LogP contribution >= 0.6 is 23.2 Å². The number of phenols is 1. The maximum absolute atomic E-state index is 13.4. The minimum absolute atomic E-state index is 0.0207. The number of aromatic hydroxyl groups is 1. The molecule has 0 spiro atoms. The summed E-state index contributed by atoms with van der Waals surface area (Å²) in [4.78, 5) is 0. The summed E-state index contributed by atoms with van der Waals surface area (Å²) in [6.07, 6.45) is 0. The van der Waals surface area contributed by atoms with Crippen molar-refractivity contribution in [3.8, 4) is 5.75 Å². The summed E-state index contributed by atoms with van der Waals surface area (Å²) in [5.74, 6) is -0.300. The second-order valence-electron chi connectivity index (χ2n) is 4.16. The third-order valence-corrected chi connectivity index (χ3v) is 3.35. The first-order chi connectivity index (χ1) is 8.99. The van der Waals surface area contributed by atoms with E-state index in [0.717, 1.165) is 0 Å². The molecule has 0 saturated heterocycles. The number of anilines is 1. The highest BCUT2D eigenvalue weighted by atomic mass is 35.5. The van der Waals surface area contributed by atoms with E-state index in [1.54, 1.807) is 25.1 Å². The van der Waals surface area contributed by atoms with Crippen LogP contribution in [0.5, 0.6) is 5.75 Å².